The molecule has 0 amide bonds. The summed E-state index contributed by atoms with van der Waals surface area (Å²) in [6, 6.07) is 0. The molecule has 0 aliphatic carbocycles. The van der Waals surface area contributed by atoms with E-state index >= 15 is 0 Å². The monoisotopic (exact) mass is 445 g/mol. The average molecular weight is 445 g/mol. The first-order valence-electron chi connectivity index (χ1n) is 7.21. The standard InChI is InChI=1S/C16H20IN3O4/c1-7(21)24-11-8-10(9(17)12(22-5)13(11)23-6)19-15(16(2,3)4)20-14(8)18/h1-6H3,(H2,18,19,20). The van der Waals surface area contributed by atoms with Crippen LogP contribution in [0, 0.1) is 3.57 Å². The quantitative estimate of drug-likeness (QED) is 0.441. The zero-order valence-corrected chi connectivity index (χ0v) is 16.6. The molecule has 0 saturated heterocycles. The average Bonchev–Trinajstić information content (AvgIpc) is 2.47. The molecule has 24 heavy (non-hydrogen) atoms. The Morgan fingerprint density at radius 3 is 2.12 bits per heavy atom. The number of aromatic nitrogens is 2. The van der Waals surface area contributed by atoms with E-state index in [-0.39, 0.29) is 22.7 Å². The third kappa shape index (κ3) is 3.19. The number of hydrogen-bond acceptors (Lipinski definition) is 7. The largest absolute Gasteiger partial charge is 0.492 e. The number of nitrogen functional groups attached to an aromatic ring is 1. The van der Waals surface area contributed by atoms with Crippen molar-refractivity contribution in [1.82, 2.24) is 9.97 Å². The number of nitrogens with zero attached hydrogens (tertiary/aromatic N) is 2. The Morgan fingerprint density at radius 2 is 1.67 bits per heavy atom. The number of carbonyl (C=O) groups is 1. The van der Waals surface area contributed by atoms with Crippen LogP contribution in [0.15, 0.2) is 0 Å². The van der Waals surface area contributed by atoms with E-state index in [1.807, 2.05) is 20.8 Å². The number of benzene rings is 1. The van der Waals surface area contributed by atoms with Crippen LogP contribution in [0.5, 0.6) is 17.2 Å². The van der Waals surface area contributed by atoms with Crippen LogP contribution in [0.4, 0.5) is 5.82 Å². The molecule has 130 valence electrons. The van der Waals surface area contributed by atoms with Gasteiger partial charge in [0.25, 0.3) is 0 Å². The molecule has 2 rings (SSSR count). The number of fused-ring (bicyclic) bond motifs is 1. The van der Waals surface area contributed by atoms with E-state index in [0.29, 0.717) is 26.0 Å². The normalized spacial score (nSPS) is 11.5. The van der Waals surface area contributed by atoms with Gasteiger partial charge in [0.1, 0.15) is 11.6 Å². The van der Waals surface area contributed by atoms with E-state index in [0.717, 1.165) is 0 Å². The third-order valence-corrected chi connectivity index (χ3v) is 4.31. The predicted molar refractivity (Wildman–Crippen MR) is 99.8 cm³/mol. The first kappa shape index (κ1) is 18.5. The van der Waals surface area contributed by atoms with Crippen LogP contribution in [0.25, 0.3) is 10.9 Å². The molecule has 0 fully saturated rings. The summed E-state index contributed by atoms with van der Waals surface area (Å²) in [6.07, 6.45) is 0. The highest BCUT2D eigenvalue weighted by Gasteiger charge is 2.28. The molecule has 0 spiro atoms. The van der Waals surface area contributed by atoms with Crippen LogP contribution < -0.4 is 19.9 Å². The summed E-state index contributed by atoms with van der Waals surface area (Å²) in [5, 5.41) is 0.431. The van der Waals surface area contributed by atoms with E-state index < -0.39 is 5.97 Å². The van der Waals surface area contributed by atoms with Crippen LogP contribution in [0.2, 0.25) is 0 Å². The molecule has 7 nitrogen and oxygen atoms in total. The van der Waals surface area contributed by atoms with E-state index in [2.05, 4.69) is 32.6 Å². The number of methoxy groups -OCH3 is 2. The zero-order chi connectivity index (χ0) is 18.2. The Hall–Kier alpha value is -1.84. The minimum atomic E-state index is -0.503. The van der Waals surface area contributed by atoms with Crippen molar-refractivity contribution in [3.8, 4) is 17.2 Å². The summed E-state index contributed by atoms with van der Waals surface area (Å²) in [5.41, 5.74) is 6.44. The molecule has 0 radical (unpaired) electrons. The van der Waals surface area contributed by atoms with Crippen molar-refractivity contribution in [2.24, 2.45) is 0 Å². The summed E-state index contributed by atoms with van der Waals surface area (Å²) in [7, 11) is 2.98. The molecule has 2 N–H and O–H groups in total. The predicted octanol–water partition coefficient (Wildman–Crippen LogP) is 3.06. The number of anilines is 1. The number of hydrogen-bond donors (Lipinski definition) is 1. The van der Waals surface area contributed by atoms with Crippen LogP contribution in [0.1, 0.15) is 33.5 Å². The van der Waals surface area contributed by atoms with Crippen LogP contribution in [-0.4, -0.2) is 30.2 Å². The van der Waals surface area contributed by atoms with Gasteiger partial charge in [0.15, 0.2) is 11.5 Å². The van der Waals surface area contributed by atoms with Crippen molar-refractivity contribution in [2.45, 2.75) is 33.1 Å². The Bertz CT molecular complexity index is 816. The lowest BCUT2D eigenvalue weighted by atomic mass is 9.95. The van der Waals surface area contributed by atoms with Crippen LogP contribution in [-0.2, 0) is 10.2 Å². The van der Waals surface area contributed by atoms with Gasteiger partial charge >= 0.3 is 5.97 Å². The first-order valence-corrected chi connectivity index (χ1v) is 8.29. The van der Waals surface area contributed by atoms with Crippen molar-refractivity contribution >= 4 is 45.3 Å². The Kier molecular flexibility index (Phi) is 5.07. The van der Waals surface area contributed by atoms with Crippen molar-refractivity contribution in [2.75, 3.05) is 20.0 Å². The van der Waals surface area contributed by atoms with Crippen molar-refractivity contribution in [1.29, 1.82) is 0 Å². The topological polar surface area (TPSA) is 96.6 Å². The summed E-state index contributed by atoms with van der Waals surface area (Å²) < 4.78 is 16.9. The van der Waals surface area contributed by atoms with Gasteiger partial charge in [0.2, 0.25) is 5.75 Å². The number of esters is 1. The van der Waals surface area contributed by atoms with E-state index in [4.69, 9.17) is 19.9 Å². The van der Waals surface area contributed by atoms with Gasteiger partial charge in [0.05, 0.1) is 28.7 Å². The minimum absolute atomic E-state index is 0.162. The molecule has 2 aromatic rings. The summed E-state index contributed by atoms with van der Waals surface area (Å²) in [4.78, 5) is 20.6. The molecule has 8 heteroatoms. The second kappa shape index (κ2) is 6.58. The lowest BCUT2D eigenvalue weighted by Gasteiger charge is -2.21. The van der Waals surface area contributed by atoms with E-state index in [1.165, 1.54) is 21.1 Å². The van der Waals surface area contributed by atoms with E-state index in [1.54, 1.807) is 0 Å². The lowest BCUT2D eigenvalue weighted by Crippen LogP contribution is -2.18. The Labute approximate surface area is 154 Å². The molecule has 0 saturated carbocycles. The first-order chi connectivity index (χ1) is 11.1. The Balaban J connectivity index is 3.00. The zero-order valence-electron chi connectivity index (χ0n) is 14.5. The Morgan fingerprint density at radius 1 is 1.08 bits per heavy atom. The maximum atomic E-state index is 11.5. The molecule has 0 aliphatic heterocycles. The highest BCUT2D eigenvalue weighted by atomic mass is 127. The van der Waals surface area contributed by atoms with Gasteiger partial charge in [-0.1, -0.05) is 20.8 Å². The van der Waals surface area contributed by atoms with Gasteiger partial charge in [-0.05, 0) is 22.6 Å². The maximum Gasteiger partial charge on any atom is 0.308 e. The van der Waals surface area contributed by atoms with Crippen LogP contribution >= 0.6 is 22.6 Å². The number of carbonyl (C=O) groups excluding carboxylic acids is 1. The smallest absolute Gasteiger partial charge is 0.308 e. The summed E-state index contributed by atoms with van der Waals surface area (Å²) in [6.45, 7) is 7.28. The number of rotatable bonds is 3. The number of halogens is 1. The summed E-state index contributed by atoms with van der Waals surface area (Å²) in [5.74, 6) is 1.18. The van der Waals surface area contributed by atoms with Crippen molar-refractivity contribution < 1.29 is 19.0 Å². The fourth-order valence-corrected chi connectivity index (χ4v) is 3.08. The third-order valence-electron chi connectivity index (χ3n) is 3.31. The molecular weight excluding hydrogens is 425 g/mol. The second-order valence-corrected chi connectivity index (χ2v) is 7.29. The van der Waals surface area contributed by atoms with Gasteiger partial charge in [-0.2, -0.15) is 0 Å². The van der Waals surface area contributed by atoms with Gasteiger partial charge in [-0.3, -0.25) is 4.79 Å². The van der Waals surface area contributed by atoms with E-state index in [9.17, 15) is 4.79 Å². The lowest BCUT2D eigenvalue weighted by molar-refractivity contribution is -0.131. The maximum absolute atomic E-state index is 11.5. The highest BCUT2D eigenvalue weighted by molar-refractivity contribution is 14.1. The second-order valence-electron chi connectivity index (χ2n) is 6.21. The molecule has 1 aromatic heterocycles. The van der Waals surface area contributed by atoms with Crippen molar-refractivity contribution in [3.05, 3.63) is 9.39 Å². The van der Waals surface area contributed by atoms with Gasteiger partial charge < -0.3 is 19.9 Å². The molecule has 0 unspecified atom stereocenters. The molecule has 0 aliphatic rings. The SMILES string of the molecule is COc1c(OC)c(OC(C)=O)c2c(N)nc(C(C)(C)C)nc2c1I. The highest BCUT2D eigenvalue weighted by Crippen LogP contribution is 2.48. The number of ether oxygens (including phenoxy) is 3. The van der Waals surface area contributed by atoms with Gasteiger partial charge in [-0.15, -0.1) is 0 Å². The molecule has 1 aromatic carbocycles. The fraction of sp³-hybridized carbons (Fsp3) is 0.438. The minimum Gasteiger partial charge on any atom is -0.492 e. The molecule has 1 heterocycles. The number of nitrogens with two attached hydrogens (primary N) is 1. The molecule has 0 bridgehead atoms. The molecule has 0 atom stereocenters. The molecular formula is C16H20IN3O4. The van der Waals surface area contributed by atoms with Gasteiger partial charge in [-0.25, -0.2) is 9.97 Å². The fourth-order valence-electron chi connectivity index (χ4n) is 2.23. The summed E-state index contributed by atoms with van der Waals surface area (Å²) >= 11 is 2.11. The van der Waals surface area contributed by atoms with Crippen molar-refractivity contribution in [3.63, 3.8) is 0 Å². The van der Waals surface area contributed by atoms with Crippen LogP contribution in [0.3, 0.4) is 0 Å². The van der Waals surface area contributed by atoms with Gasteiger partial charge in [0, 0.05) is 12.3 Å².